The third-order valence-corrected chi connectivity index (χ3v) is 5.63. The van der Waals surface area contributed by atoms with Crippen LogP contribution in [-0.2, 0) is 4.79 Å². The van der Waals surface area contributed by atoms with E-state index in [0.29, 0.717) is 0 Å². The van der Waals surface area contributed by atoms with Gasteiger partial charge < -0.3 is 10.0 Å². The molecule has 0 radical (unpaired) electrons. The zero-order chi connectivity index (χ0) is 19.8. The molecule has 146 valence electrons. The van der Waals surface area contributed by atoms with Gasteiger partial charge in [0.2, 0.25) is 5.91 Å². The number of aliphatic hydroxyl groups excluding tert-OH is 1. The van der Waals surface area contributed by atoms with Crippen molar-refractivity contribution in [2.45, 2.75) is 58.1 Å². The van der Waals surface area contributed by atoms with Crippen molar-refractivity contribution < 1.29 is 9.90 Å². The SMILES string of the molecule is CCC[C@@H](c1ccccc1)[C@H](CC)C(=O)N(C)[C@@H](C)[C@@H](O)c1ccccc1. The van der Waals surface area contributed by atoms with E-state index in [1.54, 1.807) is 4.90 Å². The van der Waals surface area contributed by atoms with E-state index in [9.17, 15) is 9.90 Å². The summed E-state index contributed by atoms with van der Waals surface area (Å²) in [7, 11) is 1.82. The fourth-order valence-electron chi connectivity index (χ4n) is 3.85. The Labute approximate surface area is 164 Å². The number of benzene rings is 2. The number of hydrogen-bond donors (Lipinski definition) is 1. The lowest BCUT2D eigenvalue weighted by molar-refractivity contribution is -0.139. The van der Waals surface area contributed by atoms with Crippen molar-refractivity contribution in [1.82, 2.24) is 4.90 Å². The summed E-state index contributed by atoms with van der Waals surface area (Å²) in [6.07, 6.45) is 2.11. The Bertz CT molecular complexity index is 686. The zero-order valence-electron chi connectivity index (χ0n) is 17.0. The van der Waals surface area contributed by atoms with Gasteiger partial charge in [-0.15, -0.1) is 0 Å². The summed E-state index contributed by atoms with van der Waals surface area (Å²) < 4.78 is 0. The monoisotopic (exact) mass is 367 g/mol. The molecule has 0 spiro atoms. The summed E-state index contributed by atoms with van der Waals surface area (Å²) in [5, 5.41) is 10.7. The van der Waals surface area contributed by atoms with Crippen LogP contribution in [0.15, 0.2) is 60.7 Å². The third-order valence-electron chi connectivity index (χ3n) is 5.63. The minimum Gasteiger partial charge on any atom is -0.386 e. The highest BCUT2D eigenvalue weighted by Gasteiger charge is 2.33. The van der Waals surface area contributed by atoms with Crippen LogP contribution in [0.5, 0.6) is 0 Å². The van der Waals surface area contributed by atoms with Crippen molar-refractivity contribution in [2.24, 2.45) is 5.92 Å². The lowest BCUT2D eigenvalue weighted by Crippen LogP contribution is -2.43. The average molecular weight is 368 g/mol. The van der Waals surface area contributed by atoms with Crippen molar-refractivity contribution in [2.75, 3.05) is 7.05 Å². The van der Waals surface area contributed by atoms with E-state index in [-0.39, 0.29) is 23.8 Å². The molecule has 1 N–H and O–H groups in total. The van der Waals surface area contributed by atoms with Crippen LogP contribution in [0.2, 0.25) is 0 Å². The van der Waals surface area contributed by atoms with Gasteiger partial charge in [-0.3, -0.25) is 4.79 Å². The van der Waals surface area contributed by atoms with Crippen LogP contribution in [0.25, 0.3) is 0 Å². The Morgan fingerprint density at radius 2 is 1.48 bits per heavy atom. The van der Waals surface area contributed by atoms with Crippen molar-refractivity contribution >= 4 is 5.91 Å². The molecular weight excluding hydrogens is 334 g/mol. The maximum atomic E-state index is 13.4. The first kappa shape index (κ1) is 21.2. The van der Waals surface area contributed by atoms with Crippen molar-refractivity contribution in [3.63, 3.8) is 0 Å². The molecule has 0 aliphatic carbocycles. The molecule has 0 aliphatic heterocycles. The number of hydrogen-bond acceptors (Lipinski definition) is 2. The molecule has 0 fully saturated rings. The van der Waals surface area contributed by atoms with E-state index < -0.39 is 6.10 Å². The number of amides is 1. The molecular formula is C24H33NO2. The number of carbonyl (C=O) groups excluding carboxylic acids is 1. The molecule has 0 aromatic heterocycles. The summed E-state index contributed by atoms with van der Waals surface area (Å²) in [5.41, 5.74) is 2.06. The first-order valence-corrected chi connectivity index (χ1v) is 10.1. The standard InChI is InChI=1S/C24H33NO2/c1-5-13-22(19-14-9-7-10-15-19)21(6-2)24(27)25(4)18(3)23(26)20-16-11-8-12-17-20/h7-12,14-18,21-23,26H,5-6,13H2,1-4H3/t18-,21-,22-,23+/m0/s1. The highest BCUT2D eigenvalue weighted by atomic mass is 16.3. The second-order valence-corrected chi connectivity index (χ2v) is 7.37. The lowest BCUT2D eigenvalue weighted by Gasteiger charge is -2.35. The second kappa shape index (κ2) is 10.3. The van der Waals surface area contributed by atoms with Crippen LogP contribution in [0.3, 0.4) is 0 Å². The number of rotatable bonds is 9. The highest BCUT2D eigenvalue weighted by molar-refractivity contribution is 5.80. The quantitative estimate of drug-likeness (QED) is 0.663. The Balaban J connectivity index is 2.20. The molecule has 1 amide bonds. The first-order valence-electron chi connectivity index (χ1n) is 10.1. The van der Waals surface area contributed by atoms with Crippen LogP contribution in [0, 0.1) is 5.92 Å². The Kier molecular flexibility index (Phi) is 8.05. The van der Waals surface area contributed by atoms with E-state index in [0.717, 1.165) is 24.8 Å². The van der Waals surface area contributed by atoms with Gasteiger partial charge in [0.25, 0.3) is 0 Å². The van der Waals surface area contributed by atoms with Crippen molar-refractivity contribution in [1.29, 1.82) is 0 Å². The van der Waals surface area contributed by atoms with Gasteiger partial charge in [0, 0.05) is 13.0 Å². The van der Waals surface area contributed by atoms with E-state index in [1.807, 2.05) is 62.5 Å². The molecule has 0 bridgehead atoms. The molecule has 0 heterocycles. The second-order valence-electron chi connectivity index (χ2n) is 7.37. The third kappa shape index (κ3) is 5.20. The van der Waals surface area contributed by atoms with E-state index >= 15 is 0 Å². The molecule has 4 atom stereocenters. The van der Waals surface area contributed by atoms with Crippen LogP contribution < -0.4 is 0 Å². The van der Waals surface area contributed by atoms with Crippen LogP contribution in [-0.4, -0.2) is 29.0 Å². The molecule has 0 aliphatic rings. The van der Waals surface area contributed by atoms with Crippen LogP contribution >= 0.6 is 0 Å². The largest absolute Gasteiger partial charge is 0.386 e. The summed E-state index contributed by atoms with van der Waals surface area (Å²) in [6.45, 7) is 6.17. The predicted octanol–water partition coefficient (Wildman–Crippen LogP) is 5.18. The minimum atomic E-state index is -0.695. The fourth-order valence-corrected chi connectivity index (χ4v) is 3.85. The number of likely N-dealkylation sites (N-methyl/N-ethyl adjacent to an activating group) is 1. The van der Waals surface area contributed by atoms with Gasteiger partial charge in [0.15, 0.2) is 0 Å². The Hall–Kier alpha value is -2.13. The van der Waals surface area contributed by atoms with E-state index in [4.69, 9.17) is 0 Å². The van der Waals surface area contributed by atoms with Crippen molar-refractivity contribution in [3.8, 4) is 0 Å². The smallest absolute Gasteiger partial charge is 0.226 e. The summed E-state index contributed by atoms with van der Waals surface area (Å²) in [4.78, 5) is 15.1. The van der Waals surface area contributed by atoms with Crippen LogP contribution in [0.4, 0.5) is 0 Å². The lowest BCUT2D eigenvalue weighted by atomic mass is 9.80. The number of carbonyl (C=O) groups is 1. The first-order chi connectivity index (χ1) is 13.0. The molecule has 0 saturated carbocycles. The van der Waals surface area contributed by atoms with Gasteiger partial charge in [0.05, 0.1) is 12.1 Å². The topological polar surface area (TPSA) is 40.5 Å². The predicted molar refractivity (Wildman–Crippen MR) is 112 cm³/mol. The maximum Gasteiger partial charge on any atom is 0.226 e. The van der Waals surface area contributed by atoms with Gasteiger partial charge in [-0.25, -0.2) is 0 Å². The maximum absolute atomic E-state index is 13.4. The zero-order valence-corrected chi connectivity index (χ0v) is 17.0. The van der Waals surface area contributed by atoms with Gasteiger partial charge in [0.1, 0.15) is 0 Å². The Morgan fingerprint density at radius 1 is 0.963 bits per heavy atom. The van der Waals surface area contributed by atoms with Gasteiger partial charge in [-0.05, 0) is 36.8 Å². The van der Waals surface area contributed by atoms with E-state index in [2.05, 4.69) is 26.0 Å². The summed E-state index contributed by atoms with van der Waals surface area (Å²) in [5.74, 6) is 0.238. The molecule has 0 saturated heterocycles. The molecule has 2 aromatic carbocycles. The van der Waals surface area contributed by atoms with Gasteiger partial charge in [-0.1, -0.05) is 80.9 Å². The van der Waals surface area contributed by atoms with Crippen molar-refractivity contribution in [3.05, 3.63) is 71.8 Å². The average Bonchev–Trinajstić information content (AvgIpc) is 2.73. The van der Waals surface area contributed by atoms with Crippen LogP contribution in [0.1, 0.15) is 63.2 Å². The normalized spacial score (nSPS) is 15.6. The molecule has 2 aromatic rings. The molecule has 27 heavy (non-hydrogen) atoms. The molecule has 2 rings (SSSR count). The molecule has 0 unspecified atom stereocenters. The van der Waals surface area contributed by atoms with Gasteiger partial charge in [-0.2, -0.15) is 0 Å². The van der Waals surface area contributed by atoms with E-state index in [1.165, 1.54) is 5.56 Å². The molecule has 3 nitrogen and oxygen atoms in total. The minimum absolute atomic E-state index is 0.0808. The number of aliphatic hydroxyl groups is 1. The number of nitrogens with zero attached hydrogens (tertiary/aromatic N) is 1. The Morgan fingerprint density at radius 3 is 1.96 bits per heavy atom. The molecule has 3 heteroatoms. The highest BCUT2D eigenvalue weighted by Crippen LogP contribution is 2.34. The summed E-state index contributed by atoms with van der Waals surface area (Å²) >= 11 is 0. The fraction of sp³-hybridized carbons (Fsp3) is 0.458. The summed E-state index contributed by atoms with van der Waals surface area (Å²) in [6, 6.07) is 19.6. The van der Waals surface area contributed by atoms with Gasteiger partial charge >= 0.3 is 0 Å².